The summed E-state index contributed by atoms with van der Waals surface area (Å²) in [5.41, 5.74) is 0. The van der Waals surface area contributed by atoms with Crippen LogP contribution < -0.4 is 5.32 Å². The number of piperidine rings is 1. The first-order valence-corrected chi connectivity index (χ1v) is 5.55. The molecule has 2 N–H and O–H groups in total. The molecular formula is C11H23NO. The predicted molar refractivity (Wildman–Crippen MR) is 55.6 cm³/mol. The zero-order chi connectivity index (χ0) is 9.68. The van der Waals surface area contributed by atoms with Crippen LogP contribution in [0.2, 0.25) is 0 Å². The second kappa shape index (κ2) is 5.61. The summed E-state index contributed by atoms with van der Waals surface area (Å²) >= 11 is 0. The van der Waals surface area contributed by atoms with Crippen LogP contribution in [0.3, 0.4) is 0 Å². The maximum Gasteiger partial charge on any atom is 0.0462 e. The van der Waals surface area contributed by atoms with Gasteiger partial charge in [-0.25, -0.2) is 0 Å². The molecule has 1 heterocycles. The zero-order valence-corrected chi connectivity index (χ0v) is 8.92. The van der Waals surface area contributed by atoms with Crippen molar-refractivity contribution < 1.29 is 5.11 Å². The average Bonchev–Trinajstić information content (AvgIpc) is 2.15. The van der Waals surface area contributed by atoms with Crippen LogP contribution in [0, 0.1) is 17.8 Å². The van der Waals surface area contributed by atoms with E-state index in [0.717, 1.165) is 13.1 Å². The van der Waals surface area contributed by atoms with Gasteiger partial charge in [-0.3, -0.25) is 0 Å². The number of aliphatic hydroxyl groups is 1. The Morgan fingerprint density at radius 1 is 1.46 bits per heavy atom. The number of hydrogen-bond donors (Lipinski definition) is 2. The Hall–Kier alpha value is -0.0800. The third kappa shape index (κ3) is 3.65. The maximum absolute atomic E-state index is 9.30. The molecule has 1 fully saturated rings. The molecule has 2 heteroatoms. The van der Waals surface area contributed by atoms with Crippen molar-refractivity contribution in [1.82, 2.24) is 5.32 Å². The van der Waals surface area contributed by atoms with Crippen molar-refractivity contribution in [1.29, 1.82) is 0 Å². The molecule has 0 aromatic heterocycles. The average molecular weight is 185 g/mol. The van der Waals surface area contributed by atoms with Crippen molar-refractivity contribution in [2.24, 2.45) is 17.8 Å². The highest BCUT2D eigenvalue weighted by molar-refractivity contribution is 4.76. The van der Waals surface area contributed by atoms with Gasteiger partial charge in [0.15, 0.2) is 0 Å². The van der Waals surface area contributed by atoms with E-state index in [0.29, 0.717) is 24.4 Å². The summed E-state index contributed by atoms with van der Waals surface area (Å²) in [6, 6.07) is 0. The van der Waals surface area contributed by atoms with Gasteiger partial charge >= 0.3 is 0 Å². The minimum absolute atomic E-state index is 0.366. The summed E-state index contributed by atoms with van der Waals surface area (Å²) in [6.07, 6.45) is 3.74. The molecule has 0 aliphatic carbocycles. The SMILES string of the molecule is CC(C)CC(CO)C1CCCNC1. The molecule has 0 spiro atoms. The molecule has 13 heavy (non-hydrogen) atoms. The molecule has 0 radical (unpaired) electrons. The van der Waals surface area contributed by atoms with Gasteiger partial charge in [0, 0.05) is 6.61 Å². The second-order valence-electron chi connectivity index (χ2n) is 4.68. The summed E-state index contributed by atoms with van der Waals surface area (Å²) in [5, 5.41) is 12.7. The third-order valence-electron chi connectivity index (χ3n) is 3.01. The maximum atomic E-state index is 9.30. The molecule has 2 nitrogen and oxygen atoms in total. The quantitative estimate of drug-likeness (QED) is 0.698. The standard InChI is InChI=1S/C11H23NO/c1-9(2)6-11(8-13)10-4-3-5-12-7-10/h9-13H,3-8H2,1-2H3. The molecule has 78 valence electrons. The minimum Gasteiger partial charge on any atom is -0.396 e. The van der Waals surface area contributed by atoms with Gasteiger partial charge in [0.1, 0.15) is 0 Å². The van der Waals surface area contributed by atoms with E-state index < -0.39 is 0 Å². The lowest BCUT2D eigenvalue weighted by Gasteiger charge is -2.30. The van der Waals surface area contributed by atoms with Crippen LogP contribution in [-0.4, -0.2) is 24.8 Å². The van der Waals surface area contributed by atoms with E-state index in [9.17, 15) is 5.11 Å². The number of rotatable bonds is 4. The lowest BCUT2D eigenvalue weighted by atomic mass is 9.82. The van der Waals surface area contributed by atoms with E-state index in [1.807, 2.05) is 0 Å². The summed E-state index contributed by atoms with van der Waals surface area (Å²) in [5.74, 6) is 1.94. The Bertz CT molecular complexity index is 130. The smallest absolute Gasteiger partial charge is 0.0462 e. The topological polar surface area (TPSA) is 32.3 Å². The summed E-state index contributed by atoms with van der Waals surface area (Å²) in [6.45, 7) is 7.11. The van der Waals surface area contributed by atoms with Crippen LogP contribution in [0.15, 0.2) is 0 Å². The molecule has 1 aliphatic heterocycles. The van der Waals surface area contributed by atoms with Crippen molar-refractivity contribution in [3.63, 3.8) is 0 Å². The van der Waals surface area contributed by atoms with Gasteiger partial charge in [0.25, 0.3) is 0 Å². The zero-order valence-electron chi connectivity index (χ0n) is 8.92. The molecule has 1 saturated heterocycles. The molecule has 1 rings (SSSR count). The Morgan fingerprint density at radius 2 is 2.23 bits per heavy atom. The summed E-state index contributed by atoms with van der Waals surface area (Å²) < 4.78 is 0. The van der Waals surface area contributed by atoms with Crippen molar-refractivity contribution in [2.75, 3.05) is 19.7 Å². The summed E-state index contributed by atoms with van der Waals surface area (Å²) in [7, 11) is 0. The fourth-order valence-corrected chi connectivity index (χ4v) is 2.30. The molecule has 0 aromatic rings. The van der Waals surface area contributed by atoms with E-state index in [-0.39, 0.29) is 0 Å². The Kier molecular flexibility index (Phi) is 4.74. The van der Waals surface area contributed by atoms with E-state index >= 15 is 0 Å². The van der Waals surface area contributed by atoms with Gasteiger partial charge in [-0.2, -0.15) is 0 Å². The van der Waals surface area contributed by atoms with Crippen molar-refractivity contribution in [2.45, 2.75) is 33.1 Å². The van der Waals surface area contributed by atoms with Crippen molar-refractivity contribution >= 4 is 0 Å². The highest BCUT2D eigenvalue weighted by Crippen LogP contribution is 2.25. The molecular weight excluding hydrogens is 162 g/mol. The highest BCUT2D eigenvalue weighted by Gasteiger charge is 2.23. The van der Waals surface area contributed by atoms with Crippen LogP contribution >= 0.6 is 0 Å². The van der Waals surface area contributed by atoms with E-state index in [1.54, 1.807) is 0 Å². The normalized spacial score (nSPS) is 26.3. The van der Waals surface area contributed by atoms with E-state index in [1.165, 1.54) is 19.3 Å². The first kappa shape index (κ1) is 11.0. The van der Waals surface area contributed by atoms with Crippen LogP contribution in [0.1, 0.15) is 33.1 Å². The molecule has 0 bridgehead atoms. The fourth-order valence-electron chi connectivity index (χ4n) is 2.30. The van der Waals surface area contributed by atoms with Crippen molar-refractivity contribution in [3.05, 3.63) is 0 Å². The first-order valence-electron chi connectivity index (χ1n) is 5.55. The lowest BCUT2D eigenvalue weighted by molar-refractivity contribution is 0.136. The largest absolute Gasteiger partial charge is 0.396 e. The van der Waals surface area contributed by atoms with Gasteiger partial charge in [0.05, 0.1) is 0 Å². The van der Waals surface area contributed by atoms with Gasteiger partial charge in [-0.1, -0.05) is 13.8 Å². The van der Waals surface area contributed by atoms with E-state index in [2.05, 4.69) is 19.2 Å². The van der Waals surface area contributed by atoms with Crippen LogP contribution in [0.5, 0.6) is 0 Å². The molecule has 0 amide bonds. The molecule has 2 unspecified atom stereocenters. The van der Waals surface area contributed by atoms with Gasteiger partial charge in [-0.05, 0) is 50.1 Å². The Balaban J connectivity index is 2.34. The lowest BCUT2D eigenvalue weighted by Crippen LogP contribution is -2.35. The number of nitrogens with one attached hydrogen (secondary N) is 1. The Labute approximate surface area is 81.7 Å². The molecule has 0 saturated carbocycles. The minimum atomic E-state index is 0.366. The van der Waals surface area contributed by atoms with Gasteiger partial charge in [0.2, 0.25) is 0 Å². The van der Waals surface area contributed by atoms with Crippen LogP contribution in [0.4, 0.5) is 0 Å². The molecule has 1 aliphatic rings. The third-order valence-corrected chi connectivity index (χ3v) is 3.01. The van der Waals surface area contributed by atoms with Crippen LogP contribution in [0.25, 0.3) is 0 Å². The van der Waals surface area contributed by atoms with Crippen molar-refractivity contribution in [3.8, 4) is 0 Å². The van der Waals surface area contributed by atoms with Gasteiger partial charge in [-0.15, -0.1) is 0 Å². The first-order chi connectivity index (χ1) is 6.24. The highest BCUT2D eigenvalue weighted by atomic mass is 16.3. The van der Waals surface area contributed by atoms with E-state index in [4.69, 9.17) is 0 Å². The number of hydrogen-bond acceptors (Lipinski definition) is 2. The monoisotopic (exact) mass is 185 g/mol. The van der Waals surface area contributed by atoms with Crippen LogP contribution in [-0.2, 0) is 0 Å². The second-order valence-corrected chi connectivity index (χ2v) is 4.68. The molecule has 2 atom stereocenters. The Morgan fingerprint density at radius 3 is 2.69 bits per heavy atom. The number of aliphatic hydroxyl groups excluding tert-OH is 1. The van der Waals surface area contributed by atoms with Gasteiger partial charge < -0.3 is 10.4 Å². The fraction of sp³-hybridized carbons (Fsp3) is 1.00. The summed E-state index contributed by atoms with van der Waals surface area (Å²) in [4.78, 5) is 0. The molecule has 0 aromatic carbocycles. The predicted octanol–water partition coefficient (Wildman–Crippen LogP) is 1.64.